The van der Waals surface area contributed by atoms with Crippen molar-refractivity contribution in [2.45, 2.75) is 58.4 Å². The van der Waals surface area contributed by atoms with E-state index in [0.29, 0.717) is 18.9 Å². The van der Waals surface area contributed by atoms with Gasteiger partial charge in [-0.15, -0.1) is 0 Å². The Hall–Kier alpha value is -1.10. The van der Waals surface area contributed by atoms with Crippen LogP contribution in [-0.4, -0.2) is 23.9 Å². The minimum atomic E-state index is -0.981. The molecule has 5 N–H and O–H groups in total. The fourth-order valence-electron chi connectivity index (χ4n) is 1.88. The molecule has 1 unspecified atom stereocenters. The third-order valence-electron chi connectivity index (χ3n) is 3.12. The maximum absolute atomic E-state index is 11.7. The number of rotatable bonds is 9. The minimum absolute atomic E-state index is 0.128. The van der Waals surface area contributed by atoms with Crippen LogP contribution in [0.15, 0.2) is 0 Å². The molecule has 0 aromatic heterocycles. The summed E-state index contributed by atoms with van der Waals surface area (Å²) in [5, 5.41) is 2.65. The van der Waals surface area contributed by atoms with E-state index < -0.39 is 11.4 Å². The van der Waals surface area contributed by atoms with Gasteiger partial charge in [-0.1, -0.05) is 19.8 Å². The number of primary amides is 1. The Labute approximate surface area is 110 Å². The van der Waals surface area contributed by atoms with Crippen LogP contribution < -0.4 is 16.8 Å². The van der Waals surface area contributed by atoms with Crippen LogP contribution >= 0.6 is 0 Å². The molecule has 0 bridgehead atoms. The Balaban J connectivity index is 4.12. The van der Waals surface area contributed by atoms with Crippen LogP contribution in [0.5, 0.6) is 0 Å². The molecule has 0 aliphatic rings. The molecule has 2 amide bonds. The van der Waals surface area contributed by atoms with Gasteiger partial charge in [-0.2, -0.15) is 0 Å². The van der Waals surface area contributed by atoms with E-state index in [9.17, 15) is 9.59 Å². The number of nitrogens with two attached hydrogens (primary N) is 2. The molecule has 0 aromatic rings. The smallest absolute Gasteiger partial charge is 0.242 e. The van der Waals surface area contributed by atoms with Crippen molar-refractivity contribution < 1.29 is 9.59 Å². The summed E-state index contributed by atoms with van der Waals surface area (Å²) in [6, 6.07) is 0. The first-order chi connectivity index (χ1) is 8.33. The van der Waals surface area contributed by atoms with Crippen LogP contribution in [0, 0.1) is 5.92 Å². The van der Waals surface area contributed by atoms with Crippen molar-refractivity contribution in [3.05, 3.63) is 0 Å². The summed E-state index contributed by atoms with van der Waals surface area (Å²) in [7, 11) is 0. The predicted molar refractivity (Wildman–Crippen MR) is 72.7 cm³/mol. The van der Waals surface area contributed by atoms with Crippen LogP contribution in [0.2, 0.25) is 0 Å². The van der Waals surface area contributed by atoms with Crippen molar-refractivity contribution in [3.63, 3.8) is 0 Å². The number of amides is 2. The number of carbonyl (C=O) groups is 2. The van der Waals surface area contributed by atoms with Gasteiger partial charge in [-0.05, 0) is 39.2 Å². The van der Waals surface area contributed by atoms with Gasteiger partial charge >= 0.3 is 0 Å². The molecule has 0 spiro atoms. The van der Waals surface area contributed by atoms with Crippen molar-refractivity contribution in [1.29, 1.82) is 0 Å². The Morgan fingerprint density at radius 2 is 1.83 bits per heavy atom. The van der Waals surface area contributed by atoms with Crippen LogP contribution in [0.25, 0.3) is 0 Å². The highest BCUT2D eigenvalue weighted by Gasteiger charge is 2.26. The summed E-state index contributed by atoms with van der Waals surface area (Å²) in [5.41, 5.74) is 9.76. The zero-order valence-corrected chi connectivity index (χ0v) is 11.8. The van der Waals surface area contributed by atoms with Gasteiger partial charge in [0.2, 0.25) is 11.8 Å². The molecule has 0 heterocycles. The quantitative estimate of drug-likeness (QED) is 0.572. The molecule has 0 rings (SSSR count). The Kier molecular flexibility index (Phi) is 7.59. The van der Waals surface area contributed by atoms with Gasteiger partial charge < -0.3 is 16.8 Å². The Morgan fingerprint density at radius 1 is 1.22 bits per heavy atom. The summed E-state index contributed by atoms with van der Waals surface area (Å²) in [6.45, 7) is 5.99. The number of hydrogen-bond donors (Lipinski definition) is 3. The molecule has 0 fully saturated rings. The van der Waals surface area contributed by atoms with Gasteiger partial charge in [-0.25, -0.2) is 0 Å². The standard InChI is InChI=1S/C13H27N3O2/c1-4-5-10(8-9-14)6-7-11(17)16-13(2,3)12(15)18/h10H,4-9,14H2,1-3H3,(H2,15,18)(H,16,17). The average molecular weight is 257 g/mol. The summed E-state index contributed by atoms with van der Waals surface area (Å²) in [5.74, 6) is -0.165. The normalized spacial score (nSPS) is 13.1. The molecule has 5 nitrogen and oxygen atoms in total. The van der Waals surface area contributed by atoms with Crippen LogP contribution in [0.3, 0.4) is 0 Å². The lowest BCUT2D eigenvalue weighted by molar-refractivity contribution is -0.130. The molecule has 0 saturated carbocycles. The van der Waals surface area contributed by atoms with Crippen LogP contribution in [-0.2, 0) is 9.59 Å². The second-order valence-electron chi connectivity index (χ2n) is 5.31. The van der Waals surface area contributed by atoms with Crippen molar-refractivity contribution in [2.75, 3.05) is 6.54 Å². The largest absolute Gasteiger partial charge is 0.368 e. The molecule has 106 valence electrons. The van der Waals surface area contributed by atoms with E-state index in [-0.39, 0.29) is 5.91 Å². The Morgan fingerprint density at radius 3 is 2.28 bits per heavy atom. The number of carbonyl (C=O) groups excluding carboxylic acids is 2. The zero-order chi connectivity index (χ0) is 14.2. The first-order valence-corrected chi connectivity index (χ1v) is 6.64. The van der Waals surface area contributed by atoms with E-state index in [0.717, 1.165) is 25.7 Å². The van der Waals surface area contributed by atoms with Crippen molar-refractivity contribution >= 4 is 11.8 Å². The molecule has 5 heteroatoms. The van der Waals surface area contributed by atoms with Gasteiger partial charge in [0.05, 0.1) is 0 Å². The second-order valence-corrected chi connectivity index (χ2v) is 5.31. The van der Waals surface area contributed by atoms with E-state index in [1.165, 1.54) is 0 Å². The molecule has 0 aromatic carbocycles. The Bertz CT molecular complexity index is 271. The molecule has 0 saturated heterocycles. The summed E-state index contributed by atoms with van der Waals surface area (Å²) >= 11 is 0. The van der Waals surface area contributed by atoms with Crippen LogP contribution in [0.1, 0.15) is 52.9 Å². The third kappa shape index (κ3) is 6.59. The number of hydrogen-bond acceptors (Lipinski definition) is 3. The maximum Gasteiger partial charge on any atom is 0.242 e. The molecule has 0 aliphatic heterocycles. The van der Waals surface area contributed by atoms with E-state index in [1.54, 1.807) is 13.8 Å². The van der Waals surface area contributed by atoms with Gasteiger partial charge in [0.15, 0.2) is 0 Å². The van der Waals surface area contributed by atoms with Crippen LogP contribution in [0.4, 0.5) is 0 Å². The first kappa shape index (κ1) is 16.9. The van der Waals surface area contributed by atoms with Gasteiger partial charge in [0.1, 0.15) is 5.54 Å². The van der Waals surface area contributed by atoms with Gasteiger partial charge in [0.25, 0.3) is 0 Å². The molecule has 18 heavy (non-hydrogen) atoms. The van der Waals surface area contributed by atoms with E-state index in [1.807, 2.05) is 0 Å². The maximum atomic E-state index is 11.7. The lowest BCUT2D eigenvalue weighted by atomic mass is 9.94. The third-order valence-corrected chi connectivity index (χ3v) is 3.12. The highest BCUT2D eigenvalue weighted by atomic mass is 16.2. The second kappa shape index (κ2) is 8.08. The van der Waals surface area contributed by atoms with Crippen molar-refractivity contribution in [3.8, 4) is 0 Å². The highest BCUT2D eigenvalue weighted by Crippen LogP contribution is 2.17. The highest BCUT2D eigenvalue weighted by molar-refractivity contribution is 5.89. The first-order valence-electron chi connectivity index (χ1n) is 6.64. The van der Waals surface area contributed by atoms with Gasteiger partial charge in [0, 0.05) is 6.42 Å². The zero-order valence-electron chi connectivity index (χ0n) is 11.8. The predicted octanol–water partition coefficient (Wildman–Crippen LogP) is 0.912. The minimum Gasteiger partial charge on any atom is -0.368 e. The van der Waals surface area contributed by atoms with E-state index in [2.05, 4.69) is 12.2 Å². The molecular weight excluding hydrogens is 230 g/mol. The lowest BCUT2D eigenvalue weighted by Gasteiger charge is -2.23. The van der Waals surface area contributed by atoms with E-state index >= 15 is 0 Å². The lowest BCUT2D eigenvalue weighted by Crippen LogP contribution is -2.53. The number of nitrogens with one attached hydrogen (secondary N) is 1. The molecule has 0 aliphatic carbocycles. The van der Waals surface area contributed by atoms with E-state index in [4.69, 9.17) is 11.5 Å². The molecule has 1 atom stereocenters. The average Bonchev–Trinajstić information content (AvgIpc) is 2.25. The fraction of sp³-hybridized carbons (Fsp3) is 0.846. The molecule has 0 radical (unpaired) electrons. The summed E-state index contributed by atoms with van der Waals surface area (Å²) < 4.78 is 0. The SMILES string of the molecule is CCCC(CCN)CCC(=O)NC(C)(C)C(N)=O. The van der Waals surface area contributed by atoms with Crippen molar-refractivity contribution in [2.24, 2.45) is 17.4 Å². The van der Waals surface area contributed by atoms with Crippen molar-refractivity contribution in [1.82, 2.24) is 5.32 Å². The summed E-state index contributed by atoms with van der Waals surface area (Å²) in [6.07, 6.45) is 4.36. The topological polar surface area (TPSA) is 98.2 Å². The molecular formula is C13H27N3O2. The monoisotopic (exact) mass is 257 g/mol. The van der Waals surface area contributed by atoms with Gasteiger partial charge in [-0.3, -0.25) is 9.59 Å². The fourth-order valence-corrected chi connectivity index (χ4v) is 1.88. The summed E-state index contributed by atoms with van der Waals surface area (Å²) in [4.78, 5) is 22.8.